The monoisotopic (exact) mass is 242 g/mol. The standard InChI is InChI=1S/C13H26N2O2/c1-8-12(5,6)13(14,9-11(2,3)4)10(16)17-15-7/h7-9,14H2,1-6H3. The summed E-state index contributed by atoms with van der Waals surface area (Å²) in [4.78, 5) is 16.8. The Morgan fingerprint density at radius 3 is 2.06 bits per heavy atom. The van der Waals surface area contributed by atoms with Gasteiger partial charge in [0.25, 0.3) is 0 Å². The SMILES string of the molecule is C=NOC(=O)C(N)(CC(C)(C)C)C(C)(C)CC. The molecule has 0 aromatic heterocycles. The lowest BCUT2D eigenvalue weighted by atomic mass is 9.64. The van der Waals surface area contributed by atoms with Crippen LogP contribution >= 0.6 is 0 Å². The molecule has 0 fully saturated rings. The second-order valence-electron chi connectivity index (χ2n) is 6.45. The fourth-order valence-corrected chi connectivity index (χ4v) is 1.88. The van der Waals surface area contributed by atoms with Crippen molar-refractivity contribution in [3.05, 3.63) is 0 Å². The van der Waals surface area contributed by atoms with Crippen LogP contribution in [0.3, 0.4) is 0 Å². The highest BCUT2D eigenvalue weighted by molar-refractivity contribution is 5.81. The van der Waals surface area contributed by atoms with Crippen LogP contribution in [0.4, 0.5) is 0 Å². The van der Waals surface area contributed by atoms with Gasteiger partial charge in [0.15, 0.2) is 0 Å². The largest absolute Gasteiger partial charge is 0.355 e. The highest BCUT2D eigenvalue weighted by Crippen LogP contribution is 2.41. The maximum absolute atomic E-state index is 12.1. The topological polar surface area (TPSA) is 64.7 Å². The van der Waals surface area contributed by atoms with E-state index in [0.717, 1.165) is 6.42 Å². The van der Waals surface area contributed by atoms with Gasteiger partial charge >= 0.3 is 5.97 Å². The molecule has 0 spiro atoms. The molecule has 0 aromatic rings. The van der Waals surface area contributed by atoms with Gasteiger partial charge in [0, 0.05) is 6.72 Å². The molecule has 0 saturated carbocycles. The molecule has 1 unspecified atom stereocenters. The summed E-state index contributed by atoms with van der Waals surface area (Å²) in [5.74, 6) is -0.505. The Bertz CT molecular complexity index is 292. The maximum Gasteiger partial charge on any atom is 0.355 e. The number of oxime groups is 1. The van der Waals surface area contributed by atoms with Crippen molar-refractivity contribution in [2.24, 2.45) is 21.7 Å². The predicted octanol–water partition coefficient (Wildman–Crippen LogP) is 2.72. The molecule has 0 saturated heterocycles. The quantitative estimate of drug-likeness (QED) is 0.458. The number of hydrogen-bond acceptors (Lipinski definition) is 4. The van der Waals surface area contributed by atoms with Gasteiger partial charge in [0.2, 0.25) is 0 Å². The van der Waals surface area contributed by atoms with Crippen LogP contribution in [0, 0.1) is 10.8 Å². The molecule has 2 N–H and O–H groups in total. The van der Waals surface area contributed by atoms with E-state index in [1.165, 1.54) is 0 Å². The molecule has 0 amide bonds. The molecule has 0 aromatic carbocycles. The van der Waals surface area contributed by atoms with Crippen molar-refractivity contribution >= 4 is 12.7 Å². The van der Waals surface area contributed by atoms with E-state index in [9.17, 15) is 4.79 Å². The third kappa shape index (κ3) is 3.80. The molecule has 0 heterocycles. The Kier molecular flexibility index (Phi) is 4.90. The number of carbonyl (C=O) groups excluding carboxylic acids is 1. The number of rotatable bonds is 5. The van der Waals surface area contributed by atoms with Crippen molar-refractivity contribution in [1.29, 1.82) is 0 Å². The van der Waals surface area contributed by atoms with Crippen molar-refractivity contribution in [2.45, 2.75) is 59.9 Å². The van der Waals surface area contributed by atoms with Gasteiger partial charge in [-0.2, -0.15) is 0 Å². The lowest BCUT2D eigenvalue weighted by Crippen LogP contribution is -2.60. The van der Waals surface area contributed by atoms with Gasteiger partial charge in [-0.1, -0.05) is 46.7 Å². The van der Waals surface area contributed by atoms with Gasteiger partial charge in [-0.25, -0.2) is 4.79 Å². The van der Waals surface area contributed by atoms with Crippen molar-refractivity contribution < 1.29 is 9.63 Å². The molecular formula is C13H26N2O2. The Morgan fingerprint density at radius 2 is 1.76 bits per heavy atom. The summed E-state index contributed by atoms with van der Waals surface area (Å²) in [5.41, 5.74) is 4.86. The van der Waals surface area contributed by atoms with E-state index in [1.807, 2.05) is 20.8 Å². The van der Waals surface area contributed by atoms with E-state index in [1.54, 1.807) is 0 Å². The van der Waals surface area contributed by atoms with E-state index >= 15 is 0 Å². The summed E-state index contributed by atoms with van der Waals surface area (Å²) in [6.45, 7) is 15.3. The lowest BCUT2D eigenvalue weighted by Gasteiger charge is -2.43. The van der Waals surface area contributed by atoms with Crippen LogP contribution in [0.1, 0.15) is 54.4 Å². The zero-order valence-electron chi connectivity index (χ0n) is 12.0. The highest BCUT2D eigenvalue weighted by atomic mass is 16.7. The van der Waals surface area contributed by atoms with Gasteiger partial charge < -0.3 is 10.6 Å². The molecule has 4 heteroatoms. The van der Waals surface area contributed by atoms with E-state index in [0.29, 0.717) is 6.42 Å². The number of carbonyl (C=O) groups is 1. The van der Waals surface area contributed by atoms with E-state index < -0.39 is 11.5 Å². The first-order chi connectivity index (χ1) is 7.50. The molecule has 0 aliphatic heterocycles. The summed E-state index contributed by atoms with van der Waals surface area (Å²) >= 11 is 0. The minimum atomic E-state index is -1.05. The van der Waals surface area contributed by atoms with Crippen molar-refractivity contribution in [2.75, 3.05) is 0 Å². The van der Waals surface area contributed by atoms with Crippen LogP contribution in [0.2, 0.25) is 0 Å². The second kappa shape index (κ2) is 5.17. The molecule has 0 aliphatic rings. The number of nitrogens with zero attached hydrogens (tertiary/aromatic N) is 1. The summed E-state index contributed by atoms with van der Waals surface area (Å²) in [6.07, 6.45) is 1.32. The van der Waals surface area contributed by atoms with Crippen LogP contribution in [0.5, 0.6) is 0 Å². The van der Waals surface area contributed by atoms with Crippen LogP contribution < -0.4 is 5.73 Å². The Labute approximate surface area is 105 Å². The third-order valence-corrected chi connectivity index (χ3v) is 3.41. The van der Waals surface area contributed by atoms with Gasteiger partial charge in [-0.3, -0.25) is 0 Å². The molecule has 1 atom stereocenters. The molecule has 100 valence electrons. The Morgan fingerprint density at radius 1 is 1.29 bits per heavy atom. The minimum absolute atomic E-state index is 0.0681. The fraction of sp³-hybridized carbons (Fsp3) is 0.846. The third-order valence-electron chi connectivity index (χ3n) is 3.41. The van der Waals surface area contributed by atoms with Crippen LogP contribution in [-0.4, -0.2) is 18.2 Å². The second-order valence-corrected chi connectivity index (χ2v) is 6.45. The molecule has 4 nitrogen and oxygen atoms in total. The Hall–Kier alpha value is -0.900. The van der Waals surface area contributed by atoms with Crippen molar-refractivity contribution in [1.82, 2.24) is 0 Å². The number of nitrogens with two attached hydrogens (primary N) is 1. The van der Waals surface area contributed by atoms with E-state index in [-0.39, 0.29) is 10.8 Å². The first kappa shape index (κ1) is 16.1. The van der Waals surface area contributed by atoms with Gasteiger partial charge in [0.05, 0.1) is 0 Å². The van der Waals surface area contributed by atoms with Gasteiger partial charge in [0.1, 0.15) is 5.54 Å². The highest BCUT2D eigenvalue weighted by Gasteiger charge is 2.50. The predicted molar refractivity (Wildman–Crippen MR) is 70.7 cm³/mol. The average Bonchev–Trinajstić information content (AvgIpc) is 2.15. The molecule has 0 aliphatic carbocycles. The first-order valence-corrected chi connectivity index (χ1v) is 5.96. The molecule has 0 radical (unpaired) electrons. The average molecular weight is 242 g/mol. The Balaban J connectivity index is 5.36. The molecule has 0 rings (SSSR count). The summed E-state index contributed by atoms with van der Waals surface area (Å²) in [5, 5.41) is 3.20. The fourth-order valence-electron chi connectivity index (χ4n) is 1.88. The first-order valence-electron chi connectivity index (χ1n) is 5.96. The number of hydrogen-bond donors (Lipinski definition) is 1. The summed E-state index contributed by atoms with van der Waals surface area (Å²) in [7, 11) is 0. The molecule has 0 bridgehead atoms. The molecular weight excluding hydrogens is 216 g/mol. The van der Waals surface area contributed by atoms with Crippen LogP contribution in [0.15, 0.2) is 5.16 Å². The smallest absolute Gasteiger partial charge is 0.317 e. The van der Waals surface area contributed by atoms with Crippen LogP contribution in [0.25, 0.3) is 0 Å². The van der Waals surface area contributed by atoms with E-state index in [2.05, 4.69) is 32.6 Å². The van der Waals surface area contributed by atoms with Gasteiger partial charge in [-0.15, -0.1) is 0 Å². The molecule has 17 heavy (non-hydrogen) atoms. The lowest BCUT2D eigenvalue weighted by molar-refractivity contribution is -0.157. The zero-order chi connectivity index (χ0) is 13.9. The normalized spacial score (nSPS) is 16.2. The van der Waals surface area contributed by atoms with Crippen LogP contribution in [-0.2, 0) is 9.63 Å². The van der Waals surface area contributed by atoms with Gasteiger partial charge in [-0.05, 0) is 23.7 Å². The minimum Gasteiger partial charge on any atom is -0.317 e. The van der Waals surface area contributed by atoms with E-state index in [4.69, 9.17) is 10.6 Å². The summed E-state index contributed by atoms with van der Waals surface area (Å²) < 4.78 is 0. The van der Waals surface area contributed by atoms with Crippen molar-refractivity contribution in [3.63, 3.8) is 0 Å². The van der Waals surface area contributed by atoms with Crippen molar-refractivity contribution in [3.8, 4) is 0 Å². The zero-order valence-corrected chi connectivity index (χ0v) is 12.0. The maximum atomic E-state index is 12.1. The summed E-state index contributed by atoms with van der Waals surface area (Å²) in [6, 6.07) is 0.